The molecule has 5 atom stereocenters. The monoisotopic (exact) mass is 753 g/mol. The molecule has 2 unspecified atom stereocenters. The molecule has 2 bridgehead atoms. The molecule has 2 fully saturated rings. The van der Waals surface area contributed by atoms with Crippen LogP contribution in [0.4, 0.5) is 0 Å². The molecule has 270 valence electrons. The third kappa shape index (κ3) is 8.29. The predicted molar refractivity (Wildman–Crippen MR) is 192 cm³/mol. The molecule has 2 aliphatic heterocycles. The zero-order chi connectivity index (χ0) is 36.2. The number of fused-ring (bicyclic) bond motifs is 2. The average Bonchev–Trinajstić information content (AvgIpc) is 3.61. The van der Waals surface area contributed by atoms with E-state index in [4.69, 9.17) is 37.4 Å². The molecule has 10 nitrogen and oxygen atoms in total. The third-order valence-corrected chi connectivity index (χ3v) is 11.9. The first-order valence-electron chi connectivity index (χ1n) is 16.9. The highest BCUT2D eigenvalue weighted by Crippen LogP contribution is 2.41. The predicted octanol–water partition coefficient (Wildman–Crippen LogP) is 5.58. The van der Waals surface area contributed by atoms with Gasteiger partial charge < -0.3 is 29.0 Å². The van der Waals surface area contributed by atoms with E-state index < -0.39 is 17.9 Å². The van der Waals surface area contributed by atoms with Crippen molar-refractivity contribution in [3.63, 3.8) is 0 Å². The van der Waals surface area contributed by atoms with Gasteiger partial charge in [-0.3, -0.25) is 10.5 Å². The van der Waals surface area contributed by atoms with Crippen molar-refractivity contribution in [1.82, 2.24) is 10.2 Å². The number of piperidine rings is 1. The summed E-state index contributed by atoms with van der Waals surface area (Å²) in [5.74, 6) is -0.991. The van der Waals surface area contributed by atoms with Gasteiger partial charge in [-0.1, -0.05) is 59.6 Å². The van der Waals surface area contributed by atoms with Crippen LogP contribution in [0.25, 0.3) is 0 Å². The lowest BCUT2D eigenvalue weighted by Gasteiger charge is -2.36. The highest BCUT2D eigenvalue weighted by atomic mass is 35.5. The highest BCUT2D eigenvalue weighted by Gasteiger charge is 2.39. The maximum absolute atomic E-state index is 13.7. The smallest absolute Gasteiger partial charge is 0.327 e. The Balaban J connectivity index is 1.28. The Morgan fingerprint density at radius 2 is 1.67 bits per heavy atom. The van der Waals surface area contributed by atoms with Crippen LogP contribution < -0.4 is 24.6 Å². The second-order valence-corrected chi connectivity index (χ2v) is 15.2. The summed E-state index contributed by atoms with van der Waals surface area (Å²) in [5, 5.41) is 26.4. The molecule has 2 aromatic carbocycles. The molecule has 51 heavy (non-hydrogen) atoms. The lowest BCUT2D eigenvalue weighted by Crippen LogP contribution is -2.41. The largest absolute Gasteiger partial charge is 0.544 e. The van der Waals surface area contributed by atoms with Crippen LogP contribution in [0.1, 0.15) is 74.4 Å². The van der Waals surface area contributed by atoms with Crippen LogP contribution in [0.3, 0.4) is 0 Å². The normalized spacial score (nSPS) is 19.7. The number of methoxy groups -OCH3 is 2. The Hall–Kier alpha value is -3.87. The van der Waals surface area contributed by atoms with Crippen molar-refractivity contribution >= 4 is 46.5 Å². The fraction of sp³-hybridized carbons (Fsp3) is 0.395. The van der Waals surface area contributed by atoms with Gasteiger partial charge in [0.2, 0.25) is 12.4 Å². The number of nitrogens with zero attached hydrogens (tertiary/aromatic N) is 2. The van der Waals surface area contributed by atoms with Gasteiger partial charge in [0.15, 0.2) is 11.5 Å². The van der Waals surface area contributed by atoms with Crippen LogP contribution in [0.15, 0.2) is 67.0 Å². The number of benzene rings is 2. The number of thiophene rings is 1. The van der Waals surface area contributed by atoms with Gasteiger partial charge in [0.25, 0.3) is 0 Å². The van der Waals surface area contributed by atoms with Gasteiger partial charge in [0, 0.05) is 39.7 Å². The Bertz CT molecular complexity index is 1840. The fourth-order valence-electron chi connectivity index (χ4n) is 7.51. The van der Waals surface area contributed by atoms with Gasteiger partial charge in [-0.05, 0) is 80.0 Å². The minimum atomic E-state index is -1.34. The zero-order valence-corrected chi connectivity index (χ0v) is 31.0. The summed E-state index contributed by atoms with van der Waals surface area (Å²) in [6.07, 6.45) is 7.25. The van der Waals surface area contributed by atoms with E-state index in [0.717, 1.165) is 34.5 Å². The summed E-state index contributed by atoms with van der Waals surface area (Å²) in [7, 11) is 5.24. The minimum absolute atomic E-state index is 0.0303. The van der Waals surface area contributed by atoms with Gasteiger partial charge >= 0.3 is 5.97 Å². The van der Waals surface area contributed by atoms with Crippen molar-refractivity contribution in [2.45, 2.75) is 62.7 Å². The summed E-state index contributed by atoms with van der Waals surface area (Å²) in [6, 6.07) is 16.9. The number of rotatable bonds is 14. The topological polar surface area (TPSA) is 124 Å². The number of pyridine rings is 1. The average molecular weight is 755 g/mol. The number of hydrogen-bond acceptors (Lipinski definition) is 10. The standard InChI is InChI=1S/C38H41Cl2N3O7S/c1-42-25-10-11-26(42)14-22(13-25)21-50-38(46)35(23-7-5-4-6-8-23)41-18-27-16-29(36(51-27)37(44)45)28(17-30-31(39)19-43(47)20-32(30)40)24-9-12-33(48-2)34(15-24)49-3/h4-9,12,15-16,19-20,22,25-26,28,35,41H,10-11,13-14,17-18,21H2,1-3H3,(H-,44,45,47)/t22?,25-,26+,28-,35?/m0/s1. The number of hydrogen-bond donors (Lipinski definition) is 2. The first-order valence-corrected chi connectivity index (χ1v) is 18.4. The molecule has 0 saturated carbocycles. The second-order valence-electron chi connectivity index (χ2n) is 13.2. The lowest BCUT2D eigenvalue weighted by atomic mass is 9.85. The molecule has 2 aliphatic rings. The molecule has 2 aromatic heterocycles. The van der Waals surface area contributed by atoms with Crippen molar-refractivity contribution < 1.29 is 38.8 Å². The van der Waals surface area contributed by atoms with Crippen LogP contribution in [-0.4, -0.2) is 62.0 Å². The fourth-order valence-corrected chi connectivity index (χ4v) is 9.12. The third-order valence-electron chi connectivity index (χ3n) is 10.2. The number of aromatic nitrogens is 1. The van der Waals surface area contributed by atoms with Crippen LogP contribution >= 0.6 is 34.5 Å². The zero-order valence-electron chi connectivity index (χ0n) is 28.6. The summed E-state index contributed by atoms with van der Waals surface area (Å²) in [6.45, 7) is 0.560. The van der Waals surface area contributed by atoms with E-state index in [0.29, 0.717) is 57.7 Å². The summed E-state index contributed by atoms with van der Waals surface area (Å²) >= 11 is 14.2. The Labute approximate surface area is 311 Å². The number of halogens is 2. The van der Waals surface area contributed by atoms with Crippen LogP contribution in [-0.2, 0) is 22.5 Å². The number of aromatic carboxylic acids is 1. The molecule has 4 heterocycles. The first-order chi connectivity index (χ1) is 24.6. The summed E-state index contributed by atoms with van der Waals surface area (Å²) in [5.41, 5.74) is 2.46. The summed E-state index contributed by atoms with van der Waals surface area (Å²) < 4.78 is 17.7. The molecule has 6 rings (SSSR count). The molecule has 0 amide bonds. The van der Waals surface area contributed by atoms with Gasteiger partial charge in [0.1, 0.15) is 16.1 Å². The molecule has 2 N–H and O–H groups in total. The summed E-state index contributed by atoms with van der Waals surface area (Å²) in [4.78, 5) is 29.5. The number of carbonyl (C=O) groups excluding carboxylic acids is 2. The van der Waals surface area contributed by atoms with Crippen LogP contribution in [0.2, 0.25) is 10.0 Å². The molecule has 13 heteroatoms. The highest BCUT2D eigenvalue weighted by molar-refractivity contribution is 7.14. The van der Waals surface area contributed by atoms with E-state index in [-0.39, 0.29) is 33.9 Å². The number of carboxylic acids is 1. The van der Waals surface area contributed by atoms with Gasteiger partial charge in [-0.2, -0.15) is 0 Å². The molecule has 0 aliphatic carbocycles. The molecule has 2 saturated heterocycles. The van der Waals surface area contributed by atoms with E-state index in [1.54, 1.807) is 12.1 Å². The number of carboxylic acid groups (broad SMARTS) is 1. The van der Waals surface area contributed by atoms with Crippen molar-refractivity contribution in [3.8, 4) is 11.5 Å². The molecular formula is C38H41Cl2N3O7S. The van der Waals surface area contributed by atoms with Crippen LogP contribution in [0.5, 0.6) is 11.5 Å². The van der Waals surface area contributed by atoms with Gasteiger partial charge in [-0.15, -0.1) is 11.3 Å². The van der Waals surface area contributed by atoms with E-state index >= 15 is 0 Å². The van der Waals surface area contributed by atoms with Crippen molar-refractivity contribution in [2.75, 3.05) is 27.9 Å². The number of ether oxygens (including phenoxy) is 3. The Morgan fingerprint density at radius 1 is 1.00 bits per heavy atom. The molecule has 0 spiro atoms. The van der Waals surface area contributed by atoms with E-state index in [9.17, 15) is 19.9 Å². The Kier molecular flexibility index (Phi) is 11.7. The quantitative estimate of drug-likeness (QED) is 0.0965. The molecule has 0 radical (unpaired) electrons. The lowest BCUT2D eigenvalue weighted by molar-refractivity contribution is -0.904. The first kappa shape index (κ1) is 36.9. The Morgan fingerprint density at radius 3 is 2.29 bits per heavy atom. The number of nitrogens with one attached hydrogen (secondary N) is 1. The SMILES string of the molecule is COc1ccc([C@H](Cc2c(Cl)c[n+](O)cc2Cl)c2cc(CNC(C(=O)OCC3C[C@H]4CC[C@@H](C3)N4C)c3ccccc3)sc2C(=O)[O-])cc1OC. The molecular weight excluding hydrogens is 713 g/mol. The van der Waals surface area contributed by atoms with Crippen molar-refractivity contribution in [3.05, 3.63) is 109 Å². The molecule has 4 aromatic rings. The van der Waals surface area contributed by atoms with Crippen molar-refractivity contribution in [1.29, 1.82) is 0 Å². The number of esters is 1. The minimum Gasteiger partial charge on any atom is -0.544 e. The van der Waals surface area contributed by atoms with E-state index in [1.807, 2.05) is 42.5 Å². The van der Waals surface area contributed by atoms with Gasteiger partial charge in [-0.25, -0.2) is 4.79 Å². The maximum Gasteiger partial charge on any atom is 0.327 e. The van der Waals surface area contributed by atoms with E-state index in [2.05, 4.69) is 17.3 Å². The van der Waals surface area contributed by atoms with Gasteiger partial charge in [0.05, 0.1) is 31.7 Å². The van der Waals surface area contributed by atoms with Crippen molar-refractivity contribution in [2.24, 2.45) is 5.92 Å². The second kappa shape index (κ2) is 16.2. The number of carbonyl (C=O) groups is 2. The van der Waals surface area contributed by atoms with E-state index in [1.165, 1.54) is 39.5 Å². The van der Waals surface area contributed by atoms with Crippen LogP contribution in [0, 0.1) is 5.92 Å². The maximum atomic E-state index is 13.7.